The first kappa shape index (κ1) is 33.3. The molecule has 2 heterocycles. The Kier molecular flexibility index (Phi) is 9.69. The molecule has 1 aliphatic heterocycles. The molecule has 0 spiro atoms. The van der Waals surface area contributed by atoms with Crippen molar-refractivity contribution in [2.24, 2.45) is 5.92 Å². The molecule has 0 bridgehead atoms. The Morgan fingerprint density at radius 1 is 0.935 bits per heavy atom. The summed E-state index contributed by atoms with van der Waals surface area (Å²) in [6, 6.07) is 29.9. The standard InChI is InChI=1S/C37H45N3O5Si/c1-8-30-33(45-46(6,7)36(2,3)4)31(44-34(30)40-24-23-32(38)39-35(40)41)25-43-37(26-15-11-9-12-16-26,27-17-13-10-14-18-27)28-19-21-29(42-5)22-20-28/h8-24,30-31,33-34H,1,25H2,2-7H3,(H2,38,39,41)/t30-,31-,33+,34-/m1/s1. The average molecular weight is 640 g/mol. The average Bonchev–Trinajstić information content (AvgIpc) is 3.38. The number of methoxy groups -OCH3 is 1. The Balaban J connectivity index is 1.62. The number of nitrogens with two attached hydrogens (primary N) is 1. The van der Waals surface area contributed by atoms with Crippen LogP contribution in [-0.4, -0.2) is 43.8 Å². The monoisotopic (exact) mass is 639 g/mol. The van der Waals surface area contributed by atoms with Gasteiger partial charge in [0.2, 0.25) is 0 Å². The van der Waals surface area contributed by atoms with Crippen LogP contribution in [0.3, 0.4) is 0 Å². The number of anilines is 1. The highest BCUT2D eigenvalue weighted by atomic mass is 28.4. The molecule has 8 nitrogen and oxygen atoms in total. The van der Waals surface area contributed by atoms with Crippen molar-refractivity contribution < 1.29 is 18.6 Å². The maximum absolute atomic E-state index is 13.1. The predicted molar refractivity (Wildman–Crippen MR) is 184 cm³/mol. The van der Waals surface area contributed by atoms with Gasteiger partial charge in [-0.2, -0.15) is 4.98 Å². The number of hydrogen-bond acceptors (Lipinski definition) is 7. The van der Waals surface area contributed by atoms with Crippen LogP contribution in [0.25, 0.3) is 0 Å². The third-order valence-corrected chi connectivity index (χ3v) is 13.8. The van der Waals surface area contributed by atoms with E-state index in [4.69, 9.17) is 24.4 Å². The molecule has 5 rings (SSSR count). The lowest BCUT2D eigenvalue weighted by Crippen LogP contribution is -2.49. The highest BCUT2D eigenvalue weighted by molar-refractivity contribution is 6.74. The van der Waals surface area contributed by atoms with Crippen molar-refractivity contribution in [3.05, 3.63) is 137 Å². The van der Waals surface area contributed by atoms with E-state index in [-0.39, 0.29) is 23.4 Å². The highest BCUT2D eigenvalue weighted by Gasteiger charge is 2.51. The van der Waals surface area contributed by atoms with Crippen molar-refractivity contribution in [3.8, 4) is 5.75 Å². The van der Waals surface area contributed by atoms with E-state index in [1.54, 1.807) is 19.4 Å². The Bertz CT molecular complexity index is 1630. The summed E-state index contributed by atoms with van der Waals surface area (Å²) in [5.74, 6) is 0.549. The fourth-order valence-electron chi connectivity index (χ4n) is 5.81. The van der Waals surface area contributed by atoms with Gasteiger partial charge in [-0.15, -0.1) is 6.58 Å². The minimum atomic E-state index is -2.32. The van der Waals surface area contributed by atoms with Crippen LogP contribution in [0.15, 0.2) is 115 Å². The predicted octanol–water partition coefficient (Wildman–Crippen LogP) is 6.93. The summed E-state index contributed by atoms with van der Waals surface area (Å²) < 4.78 is 28.0. The van der Waals surface area contributed by atoms with E-state index < -0.39 is 38.0 Å². The summed E-state index contributed by atoms with van der Waals surface area (Å²) in [5, 5.41) is -0.0667. The van der Waals surface area contributed by atoms with Crippen LogP contribution in [-0.2, 0) is 19.5 Å². The topological polar surface area (TPSA) is 97.8 Å². The molecule has 46 heavy (non-hydrogen) atoms. The van der Waals surface area contributed by atoms with E-state index >= 15 is 0 Å². The molecular weight excluding hydrogens is 595 g/mol. The van der Waals surface area contributed by atoms with Crippen molar-refractivity contribution in [3.63, 3.8) is 0 Å². The molecule has 9 heteroatoms. The molecule has 0 unspecified atom stereocenters. The van der Waals surface area contributed by atoms with Crippen molar-refractivity contribution in [1.29, 1.82) is 0 Å². The summed E-state index contributed by atoms with van der Waals surface area (Å²) in [4.78, 5) is 17.0. The Morgan fingerprint density at radius 2 is 1.50 bits per heavy atom. The van der Waals surface area contributed by atoms with Gasteiger partial charge in [-0.3, -0.25) is 4.57 Å². The van der Waals surface area contributed by atoms with Gasteiger partial charge in [0.15, 0.2) is 8.32 Å². The number of rotatable bonds is 11. The lowest BCUT2D eigenvalue weighted by molar-refractivity contribution is -0.0931. The number of benzene rings is 3. The van der Waals surface area contributed by atoms with Gasteiger partial charge < -0.3 is 24.4 Å². The Hall–Kier alpha value is -4.02. The van der Waals surface area contributed by atoms with Crippen LogP contribution < -0.4 is 16.2 Å². The molecule has 1 fully saturated rings. The summed E-state index contributed by atoms with van der Waals surface area (Å²) in [7, 11) is -0.666. The minimum Gasteiger partial charge on any atom is -0.497 e. The fraction of sp³-hybridized carbons (Fsp3) is 0.351. The zero-order chi connectivity index (χ0) is 33.1. The largest absolute Gasteiger partial charge is 0.497 e. The van der Waals surface area contributed by atoms with E-state index in [1.165, 1.54) is 4.57 Å². The van der Waals surface area contributed by atoms with Gasteiger partial charge in [0, 0.05) is 12.1 Å². The SMILES string of the molecule is C=C[C@@H]1[C@H](O[Si](C)(C)C(C)(C)C)[C@@H](COC(c2ccccc2)(c2ccccc2)c2ccc(OC)cc2)O[C@H]1n1ccc(N)nc1=O. The third-order valence-electron chi connectivity index (χ3n) is 9.35. The fourth-order valence-corrected chi connectivity index (χ4v) is 7.16. The molecule has 0 radical (unpaired) electrons. The second kappa shape index (κ2) is 13.4. The van der Waals surface area contributed by atoms with Gasteiger partial charge in [-0.25, -0.2) is 4.79 Å². The number of nitrogens with zero attached hydrogens (tertiary/aromatic N) is 2. The second-order valence-electron chi connectivity index (χ2n) is 13.2. The molecule has 0 amide bonds. The van der Waals surface area contributed by atoms with Gasteiger partial charge in [0.05, 0.1) is 19.8 Å². The highest BCUT2D eigenvalue weighted by Crippen LogP contribution is 2.46. The summed E-state index contributed by atoms with van der Waals surface area (Å²) in [6.07, 6.45) is 1.75. The first-order chi connectivity index (χ1) is 21.9. The van der Waals surface area contributed by atoms with Crippen LogP contribution in [0.4, 0.5) is 5.82 Å². The zero-order valence-corrected chi connectivity index (χ0v) is 28.6. The summed E-state index contributed by atoms with van der Waals surface area (Å²) >= 11 is 0. The maximum atomic E-state index is 13.1. The van der Waals surface area contributed by atoms with Gasteiger partial charge in [-0.1, -0.05) is 99.6 Å². The van der Waals surface area contributed by atoms with Crippen LogP contribution in [0.2, 0.25) is 18.1 Å². The molecule has 4 aromatic rings. The molecule has 2 N–H and O–H groups in total. The molecule has 1 aromatic heterocycles. The molecule has 0 saturated carbocycles. The van der Waals surface area contributed by atoms with E-state index in [2.05, 4.69) is 69.7 Å². The molecule has 0 aliphatic carbocycles. The van der Waals surface area contributed by atoms with E-state index in [0.717, 1.165) is 22.4 Å². The molecule has 3 aromatic carbocycles. The Labute approximate surface area is 272 Å². The van der Waals surface area contributed by atoms with E-state index in [1.807, 2.05) is 66.7 Å². The molecular formula is C37H45N3O5Si. The third kappa shape index (κ3) is 6.46. The molecule has 1 saturated heterocycles. The van der Waals surface area contributed by atoms with Crippen molar-refractivity contribution >= 4 is 14.1 Å². The van der Waals surface area contributed by atoms with Crippen molar-refractivity contribution in [2.75, 3.05) is 19.5 Å². The van der Waals surface area contributed by atoms with Gasteiger partial charge in [0.1, 0.15) is 29.5 Å². The van der Waals surface area contributed by atoms with Gasteiger partial charge in [0.25, 0.3) is 0 Å². The number of nitrogen functional groups attached to an aromatic ring is 1. The lowest BCUT2D eigenvalue weighted by atomic mass is 9.80. The van der Waals surface area contributed by atoms with Crippen LogP contribution in [0.1, 0.15) is 43.7 Å². The maximum Gasteiger partial charge on any atom is 0.351 e. The number of aromatic nitrogens is 2. The quantitative estimate of drug-likeness (QED) is 0.108. The van der Waals surface area contributed by atoms with Crippen LogP contribution in [0, 0.1) is 5.92 Å². The number of ether oxygens (including phenoxy) is 3. The smallest absolute Gasteiger partial charge is 0.351 e. The minimum absolute atomic E-state index is 0.0667. The lowest BCUT2D eigenvalue weighted by Gasteiger charge is -2.41. The second-order valence-corrected chi connectivity index (χ2v) is 18.0. The van der Waals surface area contributed by atoms with Crippen molar-refractivity contribution in [1.82, 2.24) is 9.55 Å². The first-order valence-corrected chi connectivity index (χ1v) is 18.5. The van der Waals surface area contributed by atoms with Gasteiger partial charge >= 0.3 is 5.69 Å². The molecule has 1 aliphatic rings. The van der Waals surface area contributed by atoms with Crippen LogP contribution >= 0.6 is 0 Å². The van der Waals surface area contributed by atoms with Crippen LogP contribution in [0.5, 0.6) is 5.75 Å². The Morgan fingerprint density at radius 3 is 2.00 bits per heavy atom. The summed E-state index contributed by atoms with van der Waals surface area (Å²) in [5.41, 5.74) is 7.18. The van der Waals surface area contributed by atoms with E-state index in [0.29, 0.717) is 0 Å². The normalized spacial score (nSPS) is 20.4. The van der Waals surface area contributed by atoms with Crippen molar-refractivity contribution in [2.45, 2.75) is 62.9 Å². The molecule has 4 atom stereocenters. The number of hydrogen-bond donors (Lipinski definition) is 1. The van der Waals surface area contributed by atoms with Gasteiger partial charge in [-0.05, 0) is 53.0 Å². The summed E-state index contributed by atoms with van der Waals surface area (Å²) in [6.45, 7) is 15.3. The zero-order valence-electron chi connectivity index (χ0n) is 27.6. The molecule has 242 valence electrons. The first-order valence-electron chi connectivity index (χ1n) is 15.6. The van der Waals surface area contributed by atoms with E-state index in [9.17, 15) is 4.79 Å².